The zero-order valence-electron chi connectivity index (χ0n) is 31.6. The number of fused-ring (bicyclic) bond motifs is 6. The Morgan fingerprint density at radius 1 is 0.788 bits per heavy atom. The number of rotatable bonds is 6. The fourth-order valence-corrected chi connectivity index (χ4v) is 12.3. The van der Waals surface area contributed by atoms with Gasteiger partial charge >= 0.3 is 0 Å². The molecule has 0 radical (unpaired) electrons. The van der Waals surface area contributed by atoms with E-state index in [4.69, 9.17) is 4.74 Å². The molecule has 3 heteroatoms. The summed E-state index contributed by atoms with van der Waals surface area (Å²) in [5.41, 5.74) is 7.56. The van der Waals surface area contributed by atoms with E-state index in [1.165, 1.54) is 88.3 Å². The van der Waals surface area contributed by atoms with Gasteiger partial charge in [0.2, 0.25) is 0 Å². The smallest absolute Gasteiger partial charge is 0.123 e. The maximum Gasteiger partial charge on any atom is 0.123 e. The molecule has 0 spiro atoms. The van der Waals surface area contributed by atoms with Crippen LogP contribution in [0.25, 0.3) is 0 Å². The van der Waals surface area contributed by atoms with Crippen molar-refractivity contribution in [2.45, 2.75) is 145 Å². The molecule has 2 fully saturated rings. The van der Waals surface area contributed by atoms with Crippen molar-refractivity contribution in [3.05, 3.63) is 125 Å². The Bertz CT molecular complexity index is 1780. The van der Waals surface area contributed by atoms with E-state index in [0.29, 0.717) is 41.8 Å². The highest BCUT2D eigenvalue weighted by atomic mass is 16.5. The largest absolute Gasteiger partial charge is 0.489 e. The average molecular weight is 693 g/mol. The summed E-state index contributed by atoms with van der Waals surface area (Å²) in [5.74, 6) is 3.81. The zero-order chi connectivity index (χ0) is 34.6. The molecule has 1 aromatic rings. The second-order valence-corrected chi connectivity index (χ2v) is 17.9. The van der Waals surface area contributed by atoms with Gasteiger partial charge < -0.3 is 9.64 Å². The summed E-state index contributed by atoms with van der Waals surface area (Å²) < 4.78 is 6.74. The Hall–Kier alpha value is -3.30. The van der Waals surface area contributed by atoms with Gasteiger partial charge in [0.1, 0.15) is 11.9 Å². The number of benzene rings is 1. The van der Waals surface area contributed by atoms with Crippen LogP contribution in [0.2, 0.25) is 0 Å². The summed E-state index contributed by atoms with van der Waals surface area (Å²) in [7, 11) is 0. The molecule has 0 bridgehead atoms. The number of ether oxygens (including phenoxy) is 1. The third kappa shape index (κ3) is 5.80. The molecule has 52 heavy (non-hydrogen) atoms. The van der Waals surface area contributed by atoms with E-state index in [0.717, 1.165) is 37.4 Å². The lowest BCUT2D eigenvalue weighted by Gasteiger charge is -2.50. The molecule has 2 heterocycles. The molecule has 1 saturated carbocycles. The lowest BCUT2D eigenvalue weighted by atomic mass is 9.74. The maximum absolute atomic E-state index is 6.74. The highest BCUT2D eigenvalue weighted by Crippen LogP contribution is 2.54. The van der Waals surface area contributed by atoms with Gasteiger partial charge in [-0.05, 0) is 114 Å². The molecule has 1 aromatic carbocycles. The minimum atomic E-state index is -0.103. The van der Waals surface area contributed by atoms with Crippen molar-refractivity contribution in [2.75, 3.05) is 0 Å². The van der Waals surface area contributed by atoms with Crippen molar-refractivity contribution in [3.63, 3.8) is 0 Å². The van der Waals surface area contributed by atoms with Crippen LogP contribution in [0.15, 0.2) is 120 Å². The molecule has 272 valence electrons. The Balaban J connectivity index is 1.05. The predicted molar refractivity (Wildman–Crippen MR) is 214 cm³/mol. The summed E-state index contributed by atoms with van der Waals surface area (Å²) in [6, 6.07) is 10.7. The van der Waals surface area contributed by atoms with Gasteiger partial charge in [-0.25, -0.2) is 0 Å². The van der Waals surface area contributed by atoms with Gasteiger partial charge in [-0.3, -0.25) is 4.90 Å². The van der Waals surface area contributed by atoms with Crippen LogP contribution in [0.5, 0.6) is 5.75 Å². The Morgan fingerprint density at radius 3 is 2.54 bits per heavy atom. The molecule has 2 aliphatic heterocycles. The average Bonchev–Trinajstić information content (AvgIpc) is 3.75. The highest BCUT2D eigenvalue weighted by Gasteiger charge is 2.52. The van der Waals surface area contributed by atoms with Gasteiger partial charge in [-0.2, -0.15) is 0 Å². The molecule has 9 aliphatic rings. The zero-order valence-corrected chi connectivity index (χ0v) is 31.6. The monoisotopic (exact) mass is 692 g/mol. The van der Waals surface area contributed by atoms with E-state index in [2.05, 4.69) is 114 Å². The van der Waals surface area contributed by atoms with Crippen LogP contribution in [-0.2, 0) is 0 Å². The highest BCUT2D eigenvalue weighted by molar-refractivity contribution is 5.49. The lowest BCUT2D eigenvalue weighted by molar-refractivity contribution is 0.113. The molecule has 0 aromatic heterocycles. The van der Waals surface area contributed by atoms with Crippen LogP contribution in [-0.4, -0.2) is 39.6 Å². The SMILES string of the molecule is CC1(N(C2=CC3C4C=C(C5C=CCCC5)C=CC4N(C4CC=CCC4)C3CC2)C2=CCCC3Oc4ccccc4C23)C=CC(C2CCCCC2)=CC1. The number of hydrogen-bond donors (Lipinski definition) is 0. The van der Waals surface area contributed by atoms with E-state index < -0.39 is 0 Å². The summed E-state index contributed by atoms with van der Waals surface area (Å²) in [4.78, 5) is 5.92. The first-order valence-corrected chi connectivity index (χ1v) is 21.5. The van der Waals surface area contributed by atoms with Gasteiger partial charge in [0.15, 0.2) is 0 Å². The second-order valence-electron chi connectivity index (χ2n) is 17.9. The minimum absolute atomic E-state index is 0.103. The van der Waals surface area contributed by atoms with E-state index in [-0.39, 0.29) is 11.6 Å². The first kappa shape index (κ1) is 33.3. The van der Waals surface area contributed by atoms with E-state index in [9.17, 15) is 0 Å². The van der Waals surface area contributed by atoms with Gasteiger partial charge in [-0.1, -0.05) is 110 Å². The summed E-state index contributed by atoms with van der Waals surface area (Å²) in [5, 5.41) is 0. The van der Waals surface area contributed by atoms with Crippen LogP contribution in [0.4, 0.5) is 0 Å². The van der Waals surface area contributed by atoms with Gasteiger partial charge in [0.05, 0.1) is 11.5 Å². The van der Waals surface area contributed by atoms with Crippen molar-refractivity contribution in [1.82, 2.24) is 9.80 Å². The molecular weight excluding hydrogens is 633 g/mol. The number of para-hydroxylation sites is 1. The molecular formula is C49H60N2O. The van der Waals surface area contributed by atoms with Gasteiger partial charge in [0.25, 0.3) is 0 Å². The fourth-order valence-electron chi connectivity index (χ4n) is 12.3. The Morgan fingerprint density at radius 2 is 1.71 bits per heavy atom. The fraction of sp³-hybridized carbons (Fsp3) is 0.551. The first-order chi connectivity index (χ1) is 25.6. The van der Waals surface area contributed by atoms with E-state index >= 15 is 0 Å². The lowest BCUT2D eigenvalue weighted by Crippen LogP contribution is -2.49. The number of likely N-dealkylation sites (tertiary alicyclic amines) is 1. The molecule has 0 amide bonds. The van der Waals surface area contributed by atoms with E-state index in [1.807, 2.05) is 0 Å². The molecule has 7 aliphatic carbocycles. The van der Waals surface area contributed by atoms with Crippen molar-refractivity contribution in [1.29, 1.82) is 0 Å². The standard InChI is InChI=1S/C49H60N2O/c1-49(30-28-36(29-31-49)34-14-5-2-6-15-34)51(45-21-13-23-47-48(45)40-20-11-12-22-46(40)52-47)39-25-27-44-42(33-39)41-32-37(35-16-7-3-8-17-35)24-26-43(41)50(44)38-18-9-4-10-19-38/h4,7,9,11-12,16,20-22,24,26,28-30,32-35,38,41-44,47-48H,2-3,5-6,8,10,13-15,17-19,23,25,27,31H2,1H3. The topological polar surface area (TPSA) is 15.7 Å². The molecule has 0 N–H and O–H groups in total. The third-order valence-electron chi connectivity index (χ3n) is 14.9. The Labute approximate surface area is 313 Å². The van der Waals surface area contributed by atoms with Crippen molar-refractivity contribution >= 4 is 0 Å². The van der Waals surface area contributed by atoms with E-state index in [1.54, 1.807) is 16.8 Å². The van der Waals surface area contributed by atoms with Crippen molar-refractivity contribution < 1.29 is 4.74 Å². The van der Waals surface area contributed by atoms with Crippen molar-refractivity contribution in [3.8, 4) is 5.75 Å². The summed E-state index contributed by atoms with van der Waals surface area (Å²) in [6.45, 7) is 2.55. The molecule has 1 saturated heterocycles. The van der Waals surface area contributed by atoms with Crippen molar-refractivity contribution in [2.24, 2.45) is 23.7 Å². The minimum Gasteiger partial charge on any atom is -0.489 e. The number of allylic oxidation sites excluding steroid dienone is 9. The van der Waals surface area contributed by atoms with Gasteiger partial charge in [-0.15, -0.1) is 0 Å². The second kappa shape index (κ2) is 13.8. The Kier molecular flexibility index (Phi) is 8.86. The summed E-state index contributed by atoms with van der Waals surface area (Å²) in [6.07, 6.45) is 51.5. The van der Waals surface area contributed by atoms with Gasteiger partial charge in [0, 0.05) is 52.8 Å². The first-order valence-electron chi connectivity index (χ1n) is 21.5. The van der Waals surface area contributed by atoms with Crippen LogP contribution < -0.4 is 4.74 Å². The van der Waals surface area contributed by atoms with Crippen LogP contribution in [0.3, 0.4) is 0 Å². The third-order valence-corrected chi connectivity index (χ3v) is 14.9. The maximum atomic E-state index is 6.74. The molecule has 9 unspecified atom stereocenters. The number of nitrogens with zero attached hydrogens (tertiary/aromatic N) is 2. The summed E-state index contributed by atoms with van der Waals surface area (Å²) >= 11 is 0. The molecule has 3 nitrogen and oxygen atoms in total. The normalized spacial score (nSPS) is 38.2. The predicted octanol–water partition coefficient (Wildman–Crippen LogP) is 11.7. The quantitative estimate of drug-likeness (QED) is 0.276. The number of hydrogen-bond acceptors (Lipinski definition) is 3. The molecule has 10 rings (SSSR count). The van der Waals surface area contributed by atoms with Crippen LogP contribution in [0.1, 0.15) is 121 Å². The van der Waals surface area contributed by atoms with Crippen LogP contribution >= 0.6 is 0 Å². The van der Waals surface area contributed by atoms with Crippen LogP contribution in [0, 0.1) is 23.7 Å². The molecule has 9 atom stereocenters.